The quantitative estimate of drug-likeness (QED) is 0.635. The highest BCUT2D eigenvalue weighted by atomic mass is 16.1. The van der Waals surface area contributed by atoms with Crippen molar-refractivity contribution in [2.24, 2.45) is 7.05 Å². The van der Waals surface area contributed by atoms with Gasteiger partial charge in [0.25, 0.3) is 0 Å². The Morgan fingerprint density at radius 1 is 0.889 bits per heavy atom. The summed E-state index contributed by atoms with van der Waals surface area (Å²) >= 11 is 0. The largest absolute Gasteiger partial charge is 0.350 e. The lowest BCUT2D eigenvalue weighted by Crippen LogP contribution is -2.09. The zero-order valence-corrected chi connectivity index (χ0v) is 10.1. The van der Waals surface area contributed by atoms with E-state index < -0.39 is 0 Å². The molecule has 2 nitrogen and oxygen atoms in total. The summed E-state index contributed by atoms with van der Waals surface area (Å²) in [6.07, 6.45) is 1.90. The van der Waals surface area contributed by atoms with Crippen LogP contribution >= 0.6 is 0 Å². The van der Waals surface area contributed by atoms with Crippen LogP contribution < -0.4 is 5.43 Å². The SMILES string of the molecule is Cn1cc(-c2ccccc2)c(=O)c2ccccc21. The Morgan fingerprint density at radius 3 is 2.33 bits per heavy atom. The van der Waals surface area contributed by atoms with E-state index in [-0.39, 0.29) is 5.43 Å². The molecule has 88 valence electrons. The summed E-state index contributed by atoms with van der Waals surface area (Å²) < 4.78 is 2.00. The second kappa shape index (κ2) is 4.15. The number of para-hydroxylation sites is 1. The summed E-state index contributed by atoms with van der Waals surface area (Å²) in [6, 6.07) is 17.5. The molecule has 3 rings (SSSR count). The average molecular weight is 235 g/mol. The van der Waals surface area contributed by atoms with E-state index in [0.717, 1.165) is 22.0 Å². The Kier molecular flexibility index (Phi) is 2.49. The Balaban J connectivity index is 2.39. The molecule has 0 atom stereocenters. The van der Waals surface area contributed by atoms with E-state index in [1.165, 1.54) is 0 Å². The van der Waals surface area contributed by atoms with E-state index in [2.05, 4.69) is 0 Å². The van der Waals surface area contributed by atoms with Crippen molar-refractivity contribution in [3.63, 3.8) is 0 Å². The third-order valence-electron chi connectivity index (χ3n) is 3.18. The molecule has 0 unspecified atom stereocenters. The van der Waals surface area contributed by atoms with E-state index in [4.69, 9.17) is 0 Å². The number of rotatable bonds is 1. The number of aryl methyl sites for hydroxylation is 1. The number of aromatic nitrogens is 1. The third kappa shape index (κ3) is 1.63. The normalized spacial score (nSPS) is 10.7. The molecule has 0 amide bonds. The van der Waals surface area contributed by atoms with Crippen molar-refractivity contribution in [3.8, 4) is 11.1 Å². The lowest BCUT2D eigenvalue weighted by atomic mass is 10.0. The Morgan fingerprint density at radius 2 is 1.56 bits per heavy atom. The minimum absolute atomic E-state index is 0.0925. The Labute approximate surface area is 105 Å². The zero-order chi connectivity index (χ0) is 12.5. The molecule has 0 saturated carbocycles. The molecule has 0 N–H and O–H groups in total. The molecule has 0 fully saturated rings. The van der Waals surface area contributed by atoms with Gasteiger partial charge in [0.05, 0.1) is 5.52 Å². The summed E-state index contributed by atoms with van der Waals surface area (Å²) in [6.45, 7) is 0. The first-order valence-electron chi connectivity index (χ1n) is 5.91. The van der Waals surface area contributed by atoms with Crippen LogP contribution in [0.4, 0.5) is 0 Å². The van der Waals surface area contributed by atoms with Crippen LogP contribution in [-0.4, -0.2) is 4.57 Å². The van der Waals surface area contributed by atoms with Gasteiger partial charge in [-0.05, 0) is 17.7 Å². The first-order chi connectivity index (χ1) is 8.77. The molecule has 0 spiro atoms. The highest BCUT2D eigenvalue weighted by molar-refractivity contribution is 5.83. The van der Waals surface area contributed by atoms with Crippen LogP contribution in [0.15, 0.2) is 65.6 Å². The van der Waals surface area contributed by atoms with Crippen LogP contribution in [0.25, 0.3) is 22.0 Å². The number of benzene rings is 2. The van der Waals surface area contributed by atoms with Crippen LogP contribution in [0, 0.1) is 0 Å². The molecule has 0 aliphatic rings. The standard InChI is InChI=1S/C16H13NO/c1-17-11-14(12-7-3-2-4-8-12)16(18)13-9-5-6-10-15(13)17/h2-11H,1H3. The van der Waals surface area contributed by atoms with Crippen molar-refractivity contribution < 1.29 is 0 Å². The fourth-order valence-electron chi connectivity index (χ4n) is 2.26. The molecule has 1 aromatic heterocycles. The van der Waals surface area contributed by atoms with Crippen LogP contribution in [0.5, 0.6) is 0 Å². The van der Waals surface area contributed by atoms with E-state index in [1.54, 1.807) is 0 Å². The fourth-order valence-corrected chi connectivity index (χ4v) is 2.26. The van der Waals surface area contributed by atoms with Crippen LogP contribution in [-0.2, 0) is 7.05 Å². The number of fused-ring (bicyclic) bond motifs is 1. The minimum Gasteiger partial charge on any atom is -0.350 e. The Bertz CT molecular complexity index is 757. The molecule has 1 heterocycles. The zero-order valence-electron chi connectivity index (χ0n) is 10.1. The van der Waals surface area contributed by atoms with Crippen molar-refractivity contribution in [1.82, 2.24) is 4.57 Å². The number of pyridine rings is 1. The van der Waals surface area contributed by atoms with Crippen molar-refractivity contribution in [3.05, 3.63) is 71.0 Å². The van der Waals surface area contributed by atoms with Gasteiger partial charge in [0.2, 0.25) is 0 Å². The van der Waals surface area contributed by atoms with Crippen molar-refractivity contribution in [1.29, 1.82) is 0 Å². The van der Waals surface area contributed by atoms with Gasteiger partial charge >= 0.3 is 0 Å². The number of nitrogens with zero attached hydrogens (tertiary/aromatic N) is 1. The molecule has 2 aromatic carbocycles. The smallest absolute Gasteiger partial charge is 0.197 e. The first kappa shape index (κ1) is 10.8. The monoisotopic (exact) mass is 235 g/mol. The van der Waals surface area contributed by atoms with Gasteiger partial charge in [0, 0.05) is 24.2 Å². The maximum absolute atomic E-state index is 12.5. The van der Waals surface area contributed by atoms with Crippen LogP contribution in [0.1, 0.15) is 0 Å². The van der Waals surface area contributed by atoms with Crippen LogP contribution in [0.3, 0.4) is 0 Å². The highest BCUT2D eigenvalue weighted by Gasteiger charge is 2.08. The van der Waals surface area contributed by atoms with Gasteiger partial charge in [-0.2, -0.15) is 0 Å². The summed E-state index contributed by atoms with van der Waals surface area (Å²) in [4.78, 5) is 12.5. The second-order valence-corrected chi connectivity index (χ2v) is 4.37. The highest BCUT2D eigenvalue weighted by Crippen LogP contribution is 2.18. The average Bonchev–Trinajstić information content (AvgIpc) is 2.44. The maximum Gasteiger partial charge on any atom is 0.197 e. The summed E-state index contributed by atoms with van der Waals surface area (Å²) in [5, 5.41) is 0.765. The molecule has 0 bridgehead atoms. The van der Waals surface area contributed by atoms with Gasteiger partial charge in [-0.15, -0.1) is 0 Å². The van der Waals surface area contributed by atoms with E-state index >= 15 is 0 Å². The van der Waals surface area contributed by atoms with Gasteiger partial charge in [-0.1, -0.05) is 42.5 Å². The van der Waals surface area contributed by atoms with Gasteiger partial charge in [-0.3, -0.25) is 4.79 Å². The molecular weight excluding hydrogens is 222 g/mol. The molecule has 0 saturated heterocycles. The predicted octanol–water partition coefficient (Wildman–Crippen LogP) is 3.21. The number of hydrogen-bond acceptors (Lipinski definition) is 1. The molecule has 0 aliphatic heterocycles. The van der Waals surface area contributed by atoms with E-state index in [1.807, 2.05) is 72.4 Å². The Hall–Kier alpha value is -2.35. The first-order valence-corrected chi connectivity index (χ1v) is 5.91. The molecule has 0 aliphatic carbocycles. The topological polar surface area (TPSA) is 22.0 Å². The van der Waals surface area contributed by atoms with Gasteiger partial charge in [0.15, 0.2) is 5.43 Å². The summed E-state index contributed by atoms with van der Waals surface area (Å²) in [5.41, 5.74) is 2.76. The maximum atomic E-state index is 12.5. The second-order valence-electron chi connectivity index (χ2n) is 4.37. The molecular formula is C16H13NO. The van der Waals surface area contributed by atoms with Gasteiger partial charge in [0.1, 0.15) is 0 Å². The summed E-state index contributed by atoms with van der Waals surface area (Å²) in [7, 11) is 1.97. The van der Waals surface area contributed by atoms with E-state index in [9.17, 15) is 4.79 Å². The molecule has 2 heteroatoms. The third-order valence-corrected chi connectivity index (χ3v) is 3.18. The molecule has 0 radical (unpaired) electrons. The van der Waals surface area contributed by atoms with Gasteiger partial charge in [-0.25, -0.2) is 0 Å². The molecule has 18 heavy (non-hydrogen) atoms. The minimum atomic E-state index is 0.0925. The van der Waals surface area contributed by atoms with Crippen LogP contribution in [0.2, 0.25) is 0 Å². The lowest BCUT2D eigenvalue weighted by molar-refractivity contribution is 0.952. The van der Waals surface area contributed by atoms with Crippen molar-refractivity contribution >= 4 is 10.9 Å². The van der Waals surface area contributed by atoms with Crippen molar-refractivity contribution in [2.75, 3.05) is 0 Å². The lowest BCUT2D eigenvalue weighted by Gasteiger charge is -2.08. The number of hydrogen-bond donors (Lipinski definition) is 0. The van der Waals surface area contributed by atoms with Crippen molar-refractivity contribution in [2.45, 2.75) is 0 Å². The molecule has 3 aromatic rings. The summed E-state index contributed by atoms with van der Waals surface area (Å²) in [5.74, 6) is 0. The fraction of sp³-hybridized carbons (Fsp3) is 0.0625. The predicted molar refractivity (Wildman–Crippen MR) is 74.6 cm³/mol. The van der Waals surface area contributed by atoms with Gasteiger partial charge < -0.3 is 4.57 Å². The van der Waals surface area contributed by atoms with E-state index in [0.29, 0.717) is 0 Å².